The molecule has 0 bridgehead atoms. The standard InChI is InChI=1S/C11H20O2/c1-3-7-13-10-11(4-2)5-8-12-9-6-11/h3,7H,4-6,8-10H2,1-2H3/b7-3+. The number of hydrogen-bond donors (Lipinski definition) is 0. The van der Waals surface area contributed by atoms with Gasteiger partial charge in [0.1, 0.15) is 0 Å². The number of allylic oxidation sites excluding steroid dienone is 1. The van der Waals surface area contributed by atoms with E-state index in [1.54, 1.807) is 6.26 Å². The molecule has 76 valence electrons. The molecule has 0 spiro atoms. The summed E-state index contributed by atoms with van der Waals surface area (Å²) >= 11 is 0. The molecule has 0 aromatic heterocycles. The van der Waals surface area contributed by atoms with Crippen molar-refractivity contribution in [3.63, 3.8) is 0 Å². The quantitative estimate of drug-likeness (QED) is 0.625. The highest BCUT2D eigenvalue weighted by molar-refractivity contribution is 4.81. The summed E-state index contributed by atoms with van der Waals surface area (Å²) in [4.78, 5) is 0. The van der Waals surface area contributed by atoms with Crippen molar-refractivity contribution in [1.29, 1.82) is 0 Å². The van der Waals surface area contributed by atoms with Crippen molar-refractivity contribution in [3.05, 3.63) is 12.3 Å². The Labute approximate surface area is 80.9 Å². The van der Waals surface area contributed by atoms with Crippen LogP contribution in [0.15, 0.2) is 12.3 Å². The van der Waals surface area contributed by atoms with Crippen molar-refractivity contribution in [3.8, 4) is 0 Å². The largest absolute Gasteiger partial charge is 0.501 e. The highest BCUT2D eigenvalue weighted by Crippen LogP contribution is 2.34. The van der Waals surface area contributed by atoms with E-state index in [1.165, 1.54) is 6.42 Å². The summed E-state index contributed by atoms with van der Waals surface area (Å²) in [6.07, 6.45) is 7.19. The average Bonchev–Trinajstić information content (AvgIpc) is 2.20. The molecule has 2 heteroatoms. The van der Waals surface area contributed by atoms with Crippen LogP contribution < -0.4 is 0 Å². The Hall–Kier alpha value is -0.500. The molecule has 0 radical (unpaired) electrons. The maximum Gasteiger partial charge on any atom is 0.0930 e. The maximum absolute atomic E-state index is 5.48. The lowest BCUT2D eigenvalue weighted by molar-refractivity contribution is -0.0215. The Kier molecular flexibility index (Phi) is 4.29. The summed E-state index contributed by atoms with van der Waals surface area (Å²) < 4.78 is 10.8. The lowest BCUT2D eigenvalue weighted by Gasteiger charge is -2.35. The maximum atomic E-state index is 5.48. The van der Waals surface area contributed by atoms with Crippen molar-refractivity contribution in [2.45, 2.75) is 33.1 Å². The van der Waals surface area contributed by atoms with E-state index in [-0.39, 0.29) is 0 Å². The van der Waals surface area contributed by atoms with Gasteiger partial charge in [-0.2, -0.15) is 0 Å². The minimum absolute atomic E-state index is 0.373. The monoisotopic (exact) mass is 184 g/mol. The van der Waals surface area contributed by atoms with Gasteiger partial charge >= 0.3 is 0 Å². The van der Waals surface area contributed by atoms with Crippen molar-refractivity contribution >= 4 is 0 Å². The van der Waals surface area contributed by atoms with Gasteiger partial charge in [0.05, 0.1) is 12.9 Å². The van der Waals surface area contributed by atoms with Gasteiger partial charge in [-0.3, -0.25) is 0 Å². The molecule has 0 N–H and O–H groups in total. The van der Waals surface area contributed by atoms with Gasteiger partial charge in [-0.15, -0.1) is 0 Å². The van der Waals surface area contributed by atoms with Crippen LogP contribution in [-0.2, 0) is 9.47 Å². The molecule has 0 aliphatic carbocycles. The van der Waals surface area contributed by atoms with E-state index in [0.29, 0.717) is 5.41 Å². The molecule has 0 amide bonds. The zero-order chi connectivity index (χ0) is 9.57. The van der Waals surface area contributed by atoms with Crippen molar-refractivity contribution < 1.29 is 9.47 Å². The van der Waals surface area contributed by atoms with Crippen LogP contribution in [-0.4, -0.2) is 19.8 Å². The highest BCUT2D eigenvalue weighted by Gasteiger charge is 2.31. The molecule has 1 heterocycles. The van der Waals surface area contributed by atoms with Crippen LogP contribution in [0.1, 0.15) is 33.1 Å². The third kappa shape index (κ3) is 3.03. The van der Waals surface area contributed by atoms with Gasteiger partial charge in [0.15, 0.2) is 0 Å². The molecule has 1 saturated heterocycles. The fourth-order valence-electron chi connectivity index (χ4n) is 1.73. The van der Waals surface area contributed by atoms with Crippen molar-refractivity contribution in [2.24, 2.45) is 5.41 Å². The van der Waals surface area contributed by atoms with E-state index < -0.39 is 0 Å². The van der Waals surface area contributed by atoms with E-state index in [0.717, 1.165) is 32.7 Å². The Bertz CT molecular complexity index is 157. The van der Waals surface area contributed by atoms with E-state index in [4.69, 9.17) is 9.47 Å². The molecular weight excluding hydrogens is 164 g/mol. The minimum atomic E-state index is 0.373. The summed E-state index contributed by atoms with van der Waals surface area (Å²) in [6.45, 7) is 6.85. The number of rotatable bonds is 4. The molecule has 2 nitrogen and oxygen atoms in total. The number of hydrogen-bond acceptors (Lipinski definition) is 2. The van der Waals surface area contributed by atoms with E-state index >= 15 is 0 Å². The summed E-state index contributed by atoms with van der Waals surface area (Å²) in [5.74, 6) is 0. The molecule has 0 aromatic carbocycles. The molecule has 0 saturated carbocycles. The number of ether oxygens (including phenoxy) is 2. The third-order valence-corrected chi connectivity index (χ3v) is 2.93. The summed E-state index contributed by atoms with van der Waals surface area (Å²) in [7, 11) is 0. The molecule has 1 rings (SSSR count). The van der Waals surface area contributed by atoms with E-state index in [1.807, 2.05) is 13.0 Å². The SMILES string of the molecule is C/C=C/OCC1(CC)CCOCC1. The first-order valence-corrected chi connectivity index (χ1v) is 5.13. The first-order valence-electron chi connectivity index (χ1n) is 5.13. The zero-order valence-electron chi connectivity index (χ0n) is 8.71. The van der Waals surface area contributed by atoms with Gasteiger partial charge in [-0.1, -0.05) is 13.0 Å². The Morgan fingerprint density at radius 3 is 2.62 bits per heavy atom. The fraction of sp³-hybridized carbons (Fsp3) is 0.818. The van der Waals surface area contributed by atoms with Crippen LogP contribution in [0.5, 0.6) is 0 Å². The zero-order valence-corrected chi connectivity index (χ0v) is 8.71. The van der Waals surface area contributed by atoms with Crippen molar-refractivity contribution in [1.82, 2.24) is 0 Å². The molecule has 0 atom stereocenters. The topological polar surface area (TPSA) is 18.5 Å². The Morgan fingerprint density at radius 2 is 2.08 bits per heavy atom. The predicted octanol–water partition coefficient (Wildman–Crippen LogP) is 2.74. The minimum Gasteiger partial charge on any atom is -0.501 e. The second kappa shape index (κ2) is 5.28. The van der Waals surface area contributed by atoms with E-state index in [2.05, 4.69) is 6.92 Å². The second-order valence-electron chi connectivity index (χ2n) is 3.75. The van der Waals surface area contributed by atoms with Gasteiger partial charge in [0.2, 0.25) is 0 Å². The van der Waals surface area contributed by atoms with Crippen LogP contribution in [0.3, 0.4) is 0 Å². The lowest BCUT2D eigenvalue weighted by Crippen LogP contribution is -2.32. The Balaban J connectivity index is 2.38. The fourth-order valence-corrected chi connectivity index (χ4v) is 1.73. The first kappa shape index (κ1) is 10.6. The van der Waals surface area contributed by atoms with Crippen molar-refractivity contribution in [2.75, 3.05) is 19.8 Å². The average molecular weight is 184 g/mol. The van der Waals surface area contributed by atoms with Crippen LogP contribution in [0, 0.1) is 5.41 Å². The third-order valence-electron chi connectivity index (χ3n) is 2.93. The summed E-state index contributed by atoms with van der Waals surface area (Å²) in [5, 5.41) is 0. The first-order chi connectivity index (χ1) is 6.33. The van der Waals surface area contributed by atoms with Crippen LogP contribution >= 0.6 is 0 Å². The molecular formula is C11H20O2. The van der Waals surface area contributed by atoms with Crippen LogP contribution in [0.4, 0.5) is 0 Å². The summed E-state index contributed by atoms with van der Waals surface area (Å²) in [5.41, 5.74) is 0.373. The second-order valence-corrected chi connectivity index (χ2v) is 3.75. The molecule has 13 heavy (non-hydrogen) atoms. The van der Waals surface area contributed by atoms with Gasteiger partial charge < -0.3 is 9.47 Å². The molecule has 0 aromatic rings. The van der Waals surface area contributed by atoms with Gasteiger partial charge in [0, 0.05) is 18.6 Å². The Morgan fingerprint density at radius 1 is 1.38 bits per heavy atom. The van der Waals surface area contributed by atoms with Gasteiger partial charge in [0.25, 0.3) is 0 Å². The van der Waals surface area contributed by atoms with Gasteiger partial charge in [-0.05, 0) is 26.2 Å². The predicted molar refractivity (Wildman–Crippen MR) is 53.5 cm³/mol. The molecule has 1 aliphatic rings. The highest BCUT2D eigenvalue weighted by atomic mass is 16.5. The molecule has 1 aliphatic heterocycles. The van der Waals surface area contributed by atoms with Crippen LogP contribution in [0.2, 0.25) is 0 Å². The smallest absolute Gasteiger partial charge is 0.0930 e. The van der Waals surface area contributed by atoms with E-state index in [9.17, 15) is 0 Å². The normalized spacial score (nSPS) is 22.0. The summed E-state index contributed by atoms with van der Waals surface area (Å²) in [6, 6.07) is 0. The molecule has 0 unspecified atom stereocenters. The molecule has 1 fully saturated rings. The lowest BCUT2D eigenvalue weighted by atomic mass is 9.79. The van der Waals surface area contributed by atoms with Crippen LogP contribution in [0.25, 0.3) is 0 Å². The van der Waals surface area contributed by atoms with Gasteiger partial charge in [-0.25, -0.2) is 0 Å².